The molecule has 29 heavy (non-hydrogen) atoms. The van der Waals surface area contributed by atoms with Gasteiger partial charge in [-0.2, -0.15) is 4.98 Å². The molecule has 0 spiro atoms. The van der Waals surface area contributed by atoms with Crippen molar-refractivity contribution in [3.8, 4) is 17.1 Å². The second-order valence-electron chi connectivity index (χ2n) is 6.07. The summed E-state index contributed by atoms with van der Waals surface area (Å²) in [6.07, 6.45) is 1.26. The van der Waals surface area contributed by atoms with Crippen LogP contribution >= 0.6 is 11.3 Å². The summed E-state index contributed by atoms with van der Waals surface area (Å²) >= 11 is 1.09. The average Bonchev–Trinajstić information content (AvgIpc) is 3.34. The molecule has 1 aromatic carbocycles. The second kappa shape index (κ2) is 9.28. The average molecular weight is 416 g/mol. The molecular formula is C19H20N4O5S. The van der Waals surface area contributed by atoms with Crippen LogP contribution in [0.15, 0.2) is 28.8 Å². The van der Waals surface area contributed by atoms with E-state index in [-0.39, 0.29) is 12.3 Å². The number of ether oxygens (including phenoxy) is 2. The van der Waals surface area contributed by atoms with Gasteiger partial charge in [0.15, 0.2) is 5.13 Å². The number of aromatic nitrogens is 3. The first-order valence-corrected chi connectivity index (χ1v) is 9.64. The Morgan fingerprint density at radius 3 is 2.62 bits per heavy atom. The summed E-state index contributed by atoms with van der Waals surface area (Å²) < 4.78 is 15.1. The lowest BCUT2D eigenvalue weighted by Crippen LogP contribution is -2.11. The van der Waals surface area contributed by atoms with Gasteiger partial charge in [-0.3, -0.25) is 4.79 Å². The number of carbonyl (C=O) groups excluding carboxylic acids is 2. The zero-order valence-electron chi connectivity index (χ0n) is 16.2. The fourth-order valence-corrected chi connectivity index (χ4v) is 3.43. The van der Waals surface area contributed by atoms with Gasteiger partial charge in [0, 0.05) is 18.4 Å². The number of esters is 1. The molecule has 1 N–H and O–H groups in total. The molecule has 0 unspecified atom stereocenters. The highest BCUT2D eigenvalue weighted by atomic mass is 32.1. The van der Waals surface area contributed by atoms with Crippen LogP contribution in [0.5, 0.6) is 5.75 Å². The molecule has 0 aliphatic rings. The number of amides is 1. The molecule has 2 aromatic heterocycles. The Morgan fingerprint density at radius 2 is 1.93 bits per heavy atom. The third-order valence-electron chi connectivity index (χ3n) is 4.02. The molecular weight excluding hydrogens is 396 g/mol. The summed E-state index contributed by atoms with van der Waals surface area (Å²) in [5.41, 5.74) is 1.34. The second-order valence-corrected chi connectivity index (χ2v) is 7.07. The van der Waals surface area contributed by atoms with Crippen molar-refractivity contribution >= 4 is 28.3 Å². The Morgan fingerprint density at radius 1 is 1.17 bits per heavy atom. The number of rotatable bonds is 8. The molecule has 0 bridgehead atoms. The molecule has 0 saturated heterocycles. The third-order valence-corrected chi connectivity index (χ3v) is 5.08. The SMILES string of the molecule is COC(=O)c1sc(NC(=O)CCCc2nc(-c3ccc(OC)cc3)no2)nc1C. The summed E-state index contributed by atoms with van der Waals surface area (Å²) in [5.74, 6) is 1.02. The highest BCUT2D eigenvalue weighted by Crippen LogP contribution is 2.24. The minimum absolute atomic E-state index is 0.204. The molecule has 0 saturated carbocycles. The smallest absolute Gasteiger partial charge is 0.350 e. The van der Waals surface area contributed by atoms with Crippen LogP contribution in [-0.4, -0.2) is 41.2 Å². The van der Waals surface area contributed by atoms with E-state index in [2.05, 4.69) is 25.2 Å². The van der Waals surface area contributed by atoms with Gasteiger partial charge in [0.05, 0.1) is 19.9 Å². The number of carbonyl (C=O) groups is 2. The molecule has 0 aliphatic carbocycles. The Bertz CT molecular complexity index is 996. The van der Waals surface area contributed by atoms with Crippen LogP contribution in [0.25, 0.3) is 11.4 Å². The van der Waals surface area contributed by atoms with Crippen LogP contribution in [0.3, 0.4) is 0 Å². The maximum atomic E-state index is 12.1. The molecule has 10 heteroatoms. The Kier molecular flexibility index (Phi) is 6.55. The van der Waals surface area contributed by atoms with E-state index in [0.717, 1.165) is 22.6 Å². The molecule has 1 amide bonds. The molecule has 0 aliphatic heterocycles. The van der Waals surface area contributed by atoms with Gasteiger partial charge in [-0.05, 0) is 37.6 Å². The zero-order valence-corrected chi connectivity index (χ0v) is 17.0. The monoisotopic (exact) mass is 416 g/mol. The predicted molar refractivity (Wildman–Crippen MR) is 106 cm³/mol. The van der Waals surface area contributed by atoms with E-state index in [1.807, 2.05) is 24.3 Å². The standard InChI is InChI=1S/C19H20N4O5S/c1-11-16(18(25)27-3)29-19(20-11)21-14(24)5-4-6-15-22-17(23-28-15)12-7-9-13(26-2)10-8-12/h7-10H,4-6H2,1-3H3,(H,20,21,24). The van der Waals surface area contributed by atoms with E-state index in [4.69, 9.17) is 9.26 Å². The van der Waals surface area contributed by atoms with E-state index in [0.29, 0.717) is 40.3 Å². The number of methoxy groups -OCH3 is 2. The van der Waals surface area contributed by atoms with Crippen LogP contribution in [0.1, 0.15) is 34.1 Å². The van der Waals surface area contributed by atoms with Crippen LogP contribution < -0.4 is 10.1 Å². The van der Waals surface area contributed by atoms with Gasteiger partial charge >= 0.3 is 5.97 Å². The molecule has 152 valence electrons. The van der Waals surface area contributed by atoms with Gasteiger partial charge < -0.3 is 19.3 Å². The fourth-order valence-electron chi connectivity index (χ4n) is 2.53. The first kappa shape index (κ1) is 20.5. The maximum Gasteiger partial charge on any atom is 0.350 e. The number of benzene rings is 1. The summed E-state index contributed by atoms with van der Waals surface area (Å²) in [7, 11) is 2.91. The molecule has 9 nitrogen and oxygen atoms in total. The van der Waals surface area contributed by atoms with Crippen molar-refractivity contribution in [1.29, 1.82) is 0 Å². The molecule has 0 fully saturated rings. The van der Waals surface area contributed by atoms with Gasteiger partial charge in [-0.1, -0.05) is 16.5 Å². The van der Waals surface area contributed by atoms with Gasteiger partial charge in [-0.15, -0.1) is 0 Å². The number of aryl methyl sites for hydroxylation is 2. The van der Waals surface area contributed by atoms with Gasteiger partial charge in [0.2, 0.25) is 17.6 Å². The first-order valence-electron chi connectivity index (χ1n) is 8.82. The number of hydrogen-bond donors (Lipinski definition) is 1. The van der Waals surface area contributed by atoms with Gasteiger partial charge in [0.25, 0.3) is 0 Å². The van der Waals surface area contributed by atoms with Crippen LogP contribution in [0.4, 0.5) is 5.13 Å². The molecule has 0 atom stereocenters. The van der Waals surface area contributed by atoms with Crippen molar-refractivity contribution in [2.75, 3.05) is 19.5 Å². The molecule has 0 radical (unpaired) electrons. The zero-order chi connectivity index (χ0) is 20.8. The Balaban J connectivity index is 1.49. The van der Waals surface area contributed by atoms with Crippen molar-refractivity contribution in [2.24, 2.45) is 0 Å². The van der Waals surface area contributed by atoms with Crippen LogP contribution in [0.2, 0.25) is 0 Å². The molecule has 3 aromatic rings. The van der Waals surface area contributed by atoms with Crippen molar-refractivity contribution < 1.29 is 23.6 Å². The Hall–Kier alpha value is -3.27. The number of nitrogens with zero attached hydrogens (tertiary/aromatic N) is 3. The van der Waals surface area contributed by atoms with E-state index >= 15 is 0 Å². The summed E-state index contributed by atoms with van der Waals surface area (Å²) in [6, 6.07) is 7.34. The quantitative estimate of drug-likeness (QED) is 0.556. The number of anilines is 1. The number of nitrogens with one attached hydrogen (secondary N) is 1. The van der Waals surface area contributed by atoms with Crippen molar-refractivity contribution in [3.63, 3.8) is 0 Å². The Labute approximate surface area is 171 Å². The summed E-state index contributed by atoms with van der Waals surface area (Å²) in [4.78, 5) is 32.6. The summed E-state index contributed by atoms with van der Waals surface area (Å²) in [5, 5.41) is 7.03. The first-order chi connectivity index (χ1) is 14.0. The van der Waals surface area contributed by atoms with Crippen molar-refractivity contribution in [3.05, 3.63) is 40.7 Å². The normalized spacial score (nSPS) is 10.6. The minimum atomic E-state index is -0.468. The lowest BCUT2D eigenvalue weighted by atomic mass is 10.2. The topological polar surface area (TPSA) is 116 Å². The summed E-state index contributed by atoms with van der Waals surface area (Å²) in [6.45, 7) is 1.69. The number of hydrogen-bond acceptors (Lipinski definition) is 9. The van der Waals surface area contributed by atoms with Gasteiger partial charge in [-0.25, -0.2) is 9.78 Å². The van der Waals surface area contributed by atoms with Crippen molar-refractivity contribution in [1.82, 2.24) is 15.1 Å². The highest BCUT2D eigenvalue weighted by molar-refractivity contribution is 7.17. The number of thiazole rings is 1. The minimum Gasteiger partial charge on any atom is -0.497 e. The van der Waals surface area contributed by atoms with E-state index in [1.165, 1.54) is 7.11 Å². The van der Waals surface area contributed by atoms with E-state index in [9.17, 15) is 9.59 Å². The van der Waals surface area contributed by atoms with E-state index < -0.39 is 5.97 Å². The molecule has 2 heterocycles. The predicted octanol–water partition coefficient (Wildman–Crippen LogP) is 3.26. The van der Waals surface area contributed by atoms with Crippen LogP contribution in [0, 0.1) is 6.92 Å². The lowest BCUT2D eigenvalue weighted by Gasteiger charge is -2.00. The van der Waals surface area contributed by atoms with Gasteiger partial charge in [0.1, 0.15) is 10.6 Å². The maximum absolute atomic E-state index is 12.1. The molecule has 3 rings (SSSR count). The van der Waals surface area contributed by atoms with Crippen LogP contribution in [-0.2, 0) is 16.0 Å². The largest absolute Gasteiger partial charge is 0.497 e. The highest BCUT2D eigenvalue weighted by Gasteiger charge is 2.17. The van der Waals surface area contributed by atoms with E-state index in [1.54, 1.807) is 14.0 Å². The van der Waals surface area contributed by atoms with Crippen molar-refractivity contribution in [2.45, 2.75) is 26.2 Å². The fraction of sp³-hybridized carbons (Fsp3) is 0.316. The lowest BCUT2D eigenvalue weighted by molar-refractivity contribution is -0.116. The third kappa shape index (κ3) is 5.17.